The average molecular weight is 319 g/mol. The lowest BCUT2D eigenvalue weighted by molar-refractivity contribution is 0.131. The highest BCUT2D eigenvalue weighted by atomic mass is 15.3. The number of unbranched alkanes of at least 4 members (excludes halogenated alkanes) is 1. The SMILES string of the molecule is Cc1ccccc1CCCCN1CCN(CCNCCN)CC1. The number of nitrogens with two attached hydrogens (primary N) is 1. The zero-order chi connectivity index (χ0) is 16.3. The van der Waals surface area contributed by atoms with Crippen molar-refractivity contribution >= 4 is 0 Å². The fourth-order valence-corrected chi connectivity index (χ4v) is 3.24. The zero-order valence-corrected chi connectivity index (χ0v) is 14.8. The highest BCUT2D eigenvalue weighted by Gasteiger charge is 2.15. The van der Waals surface area contributed by atoms with Crippen molar-refractivity contribution in [2.24, 2.45) is 5.73 Å². The van der Waals surface area contributed by atoms with E-state index in [0.717, 1.165) is 26.2 Å². The monoisotopic (exact) mass is 318 g/mol. The van der Waals surface area contributed by atoms with Crippen LogP contribution in [0.1, 0.15) is 24.0 Å². The molecule has 4 nitrogen and oxygen atoms in total. The van der Waals surface area contributed by atoms with Gasteiger partial charge in [0, 0.05) is 52.4 Å². The van der Waals surface area contributed by atoms with E-state index in [2.05, 4.69) is 46.3 Å². The molecule has 1 aromatic carbocycles. The minimum absolute atomic E-state index is 0.732. The average Bonchev–Trinajstić information content (AvgIpc) is 2.58. The Morgan fingerprint density at radius 2 is 1.65 bits per heavy atom. The van der Waals surface area contributed by atoms with Gasteiger partial charge in [-0.3, -0.25) is 4.90 Å². The standard InChI is InChI=1S/C19H34N4/c1-18-6-2-3-7-19(18)8-4-5-12-22-14-16-23(17-15-22)13-11-21-10-9-20/h2-3,6-7,21H,4-5,8-17,20H2,1H3. The summed E-state index contributed by atoms with van der Waals surface area (Å²) >= 11 is 0. The first-order chi connectivity index (χ1) is 11.3. The lowest BCUT2D eigenvalue weighted by Gasteiger charge is -2.34. The molecule has 1 heterocycles. The van der Waals surface area contributed by atoms with Crippen molar-refractivity contribution in [2.75, 3.05) is 58.9 Å². The molecule has 1 aliphatic rings. The number of rotatable bonds is 10. The van der Waals surface area contributed by atoms with Crippen LogP contribution >= 0.6 is 0 Å². The molecule has 0 saturated carbocycles. The summed E-state index contributed by atoms with van der Waals surface area (Å²) in [6, 6.07) is 8.78. The summed E-state index contributed by atoms with van der Waals surface area (Å²) in [5.74, 6) is 0. The Hall–Kier alpha value is -0.940. The molecular weight excluding hydrogens is 284 g/mol. The van der Waals surface area contributed by atoms with Crippen LogP contribution < -0.4 is 11.1 Å². The molecule has 1 saturated heterocycles. The van der Waals surface area contributed by atoms with Gasteiger partial charge in [-0.05, 0) is 43.9 Å². The number of aryl methyl sites for hydroxylation is 2. The molecule has 0 aromatic heterocycles. The number of hydrogen-bond donors (Lipinski definition) is 2. The maximum Gasteiger partial charge on any atom is 0.0110 e. The number of nitrogens with zero attached hydrogens (tertiary/aromatic N) is 2. The van der Waals surface area contributed by atoms with Crippen LogP contribution in [0.5, 0.6) is 0 Å². The Morgan fingerprint density at radius 3 is 2.35 bits per heavy atom. The molecule has 0 unspecified atom stereocenters. The second-order valence-electron chi connectivity index (χ2n) is 6.61. The molecule has 23 heavy (non-hydrogen) atoms. The topological polar surface area (TPSA) is 44.5 Å². The Kier molecular flexibility index (Phi) is 8.61. The van der Waals surface area contributed by atoms with Crippen molar-refractivity contribution in [3.63, 3.8) is 0 Å². The number of benzene rings is 1. The molecule has 4 heteroatoms. The second-order valence-corrected chi connectivity index (χ2v) is 6.61. The van der Waals surface area contributed by atoms with E-state index in [1.165, 1.54) is 63.1 Å². The quantitative estimate of drug-likeness (QED) is 0.642. The molecule has 3 N–H and O–H groups in total. The van der Waals surface area contributed by atoms with E-state index in [1.54, 1.807) is 0 Å². The van der Waals surface area contributed by atoms with Crippen LogP contribution in [0.2, 0.25) is 0 Å². The Bertz CT molecular complexity index is 427. The van der Waals surface area contributed by atoms with Gasteiger partial charge in [0.05, 0.1) is 0 Å². The van der Waals surface area contributed by atoms with E-state index >= 15 is 0 Å². The molecule has 0 amide bonds. The van der Waals surface area contributed by atoms with E-state index in [0.29, 0.717) is 0 Å². The molecular formula is C19H34N4. The van der Waals surface area contributed by atoms with Gasteiger partial charge in [0.15, 0.2) is 0 Å². The van der Waals surface area contributed by atoms with E-state index < -0.39 is 0 Å². The molecule has 130 valence electrons. The highest BCUT2D eigenvalue weighted by Crippen LogP contribution is 2.11. The molecule has 0 aliphatic carbocycles. The van der Waals surface area contributed by atoms with Crippen molar-refractivity contribution in [2.45, 2.75) is 26.2 Å². The lowest BCUT2D eigenvalue weighted by atomic mass is 10.0. The lowest BCUT2D eigenvalue weighted by Crippen LogP contribution is -2.48. The van der Waals surface area contributed by atoms with Gasteiger partial charge in [-0.25, -0.2) is 0 Å². The van der Waals surface area contributed by atoms with Crippen molar-refractivity contribution in [3.8, 4) is 0 Å². The summed E-state index contributed by atoms with van der Waals surface area (Å²) in [6.45, 7) is 12.2. The minimum atomic E-state index is 0.732. The second kappa shape index (κ2) is 10.8. The predicted molar refractivity (Wildman–Crippen MR) is 98.9 cm³/mol. The largest absolute Gasteiger partial charge is 0.329 e. The molecule has 0 spiro atoms. The van der Waals surface area contributed by atoms with Crippen LogP contribution in [0, 0.1) is 6.92 Å². The minimum Gasteiger partial charge on any atom is -0.329 e. The van der Waals surface area contributed by atoms with Crippen molar-refractivity contribution in [1.29, 1.82) is 0 Å². The van der Waals surface area contributed by atoms with Gasteiger partial charge in [0.25, 0.3) is 0 Å². The van der Waals surface area contributed by atoms with Crippen LogP contribution in [0.15, 0.2) is 24.3 Å². The van der Waals surface area contributed by atoms with Crippen LogP contribution in [-0.2, 0) is 6.42 Å². The molecule has 0 atom stereocenters. The number of piperazine rings is 1. The summed E-state index contributed by atoms with van der Waals surface area (Å²) in [7, 11) is 0. The van der Waals surface area contributed by atoms with Gasteiger partial charge in [0.1, 0.15) is 0 Å². The molecule has 1 aliphatic heterocycles. The van der Waals surface area contributed by atoms with E-state index in [1.807, 2.05) is 0 Å². The summed E-state index contributed by atoms with van der Waals surface area (Å²) in [4.78, 5) is 5.19. The number of nitrogens with one attached hydrogen (secondary N) is 1. The predicted octanol–water partition coefficient (Wildman–Crippen LogP) is 1.48. The summed E-state index contributed by atoms with van der Waals surface area (Å²) in [5.41, 5.74) is 8.44. The number of hydrogen-bond acceptors (Lipinski definition) is 4. The fraction of sp³-hybridized carbons (Fsp3) is 0.684. The third-order valence-corrected chi connectivity index (χ3v) is 4.82. The third kappa shape index (κ3) is 7.00. The smallest absolute Gasteiger partial charge is 0.0110 e. The Labute approximate surface area is 142 Å². The van der Waals surface area contributed by atoms with Crippen LogP contribution in [-0.4, -0.2) is 68.7 Å². The highest BCUT2D eigenvalue weighted by molar-refractivity contribution is 5.25. The van der Waals surface area contributed by atoms with Gasteiger partial charge < -0.3 is 16.0 Å². The molecule has 2 rings (SSSR count). The van der Waals surface area contributed by atoms with Gasteiger partial charge >= 0.3 is 0 Å². The summed E-state index contributed by atoms with van der Waals surface area (Å²) < 4.78 is 0. The zero-order valence-electron chi connectivity index (χ0n) is 14.8. The first kappa shape index (κ1) is 18.4. The van der Waals surface area contributed by atoms with Gasteiger partial charge in [-0.15, -0.1) is 0 Å². The third-order valence-electron chi connectivity index (χ3n) is 4.82. The first-order valence-electron chi connectivity index (χ1n) is 9.19. The van der Waals surface area contributed by atoms with Crippen molar-refractivity contribution < 1.29 is 0 Å². The Morgan fingerprint density at radius 1 is 0.957 bits per heavy atom. The van der Waals surface area contributed by atoms with Gasteiger partial charge in [-0.2, -0.15) is 0 Å². The van der Waals surface area contributed by atoms with Crippen LogP contribution in [0.4, 0.5) is 0 Å². The fourth-order valence-electron chi connectivity index (χ4n) is 3.24. The van der Waals surface area contributed by atoms with Crippen LogP contribution in [0.25, 0.3) is 0 Å². The van der Waals surface area contributed by atoms with E-state index in [4.69, 9.17) is 5.73 Å². The van der Waals surface area contributed by atoms with Crippen LogP contribution in [0.3, 0.4) is 0 Å². The maximum atomic E-state index is 5.49. The van der Waals surface area contributed by atoms with Gasteiger partial charge in [0.2, 0.25) is 0 Å². The first-order valence-corrected chi connectivity index (χ1v) is 9.19. The van der Waals surface area contributed by atoms with E-state index in [9.17, 15) is 0 Å². The molecule has 1 aromatic rings. The summed E-state index contributed by atoms with van der Waals surface area (Å²) in [6.07, 6.45) is 3.83. The maximum absolute atomic E-state index is 5.49. The van der Waals surface area contributed by atoms with Gasteiger partial charge in [-0.1, -0.05) is 24.3 Å². The Balaban J connectivity index is 1.52. The van der Waals surface area contributed by atoms with Crippen molar-refractivity contribution in [1.82, 2.24) is 15.1 Å². The molecule has 0 radical (unpaired) electrons. The molecule has 1 fully saturated rings. The molecule has 0 bridgehead atoms. The van der Waals surface area contributed by atoms with E-state index in [-0.39, 0.29) is 0 Å². The summed E-state index contributed by atoms with van der Waals surface area (Å²) in [5, 5.41) is 3.38. The van der Waals surface area contributed by atoms with Crippen molar-refractivity contribution in [3.05, 3.63) is 35.4 Å². The normalized spacial score (nSPS) is 16.8.